The molecule has 22 heavy (non-hydrogen) atoms. The molecule has 0 bridgehead atoms. The summed E-state index contributed by atoms with van der Waals surface area (Å²) in [6.07, 6.45) is 1.05. The van der Waals surface area contributed by atoms with Crippen molar-refractivity contribution in [3.05, 3.63) is 11.3 Å². The summed E-state index contributed by atoms with van der Waals surface area (Å²) in [4.78, 5) is 34.4. The predicted molar refractivity (Wildman–Crippen MR) is 82.5 cm³/mol. The average Bonchev–Trinajstić information content (AvgIpc) is 2.50. The largest absolute Gasteiger partial charge is 0.465 e. The lowest BCUT2D eigenvalue weighted by molar-refractivity contribution is -0.151. The average molecular weight is 306 g/mol. The van der Waals surface area contributed by atoms with Gasteiger partial charge in [0.05, 0.1) is 12.3 Å². The molecule has 7 nitrogen and oxygen atoms in total. The number of hydrogen-bond donors (Lipinski definition) is 1. The number of nitrogen functional groups attached to an aromatic ring is 1. The van der Waals surface area contributed by atoms with Crippen LogP contribution in [-0.2, 0) is 20.7 Å². The van der Waals surface area contributed by atoms with E-state index in [4.69, 9.17) is 10.5 Å². The predicted octanol–water partition coefficient (Wildman–Crippen LogP) is 0.888. The molecule has 0 aromatic carbocycles. The number of nitrogens with two attached hydrogens (primary N) is 1. The van der Waals surface area contributed by atoms with E-state index < -0.39 is 11.9 Å². The highest BCUT2D eigenvalue weighted by Crippen LogP contribution is 2.26. The van der Waals surface area contributed by atoms with Crippen molar-refractivity contribution in [2.75, 3.05) is 30.3 Å². The maximum atomic E-state index is 12.0. The van der Waals surface area contributed by atoms with Crippen LogP contribution >= 0.6 is 0 Å². The van der Waals surface area contributed by atoms with Crippen LogP contribution in [0, 0.1) is 12.8 Å². The van der Waals surface area contributed by atoms with Crippen LogP contribution < -0.4 is 10.6 Å². The Labute approximate surface area is 129 Å². The van der Waals surface area contributed by atoms with Crippen molar-refractivity contribution in [2.24, 2.45) is 5.92 Å². The van der Waals surface area contributed by atoms with Gasteiger partial charge in [-0.05, 0) is 20.3 Å². The minimum absolute atomic E-state index is 0.0786. The van der Waals surface area contributed by atoms with Gasteiger partial charge in [-0.1, -0.05) is 6.92 Å². The van der Waals surface area contributed by atoms with Gasteiger partial charge in [0.1, 0.15) is 11.7 Å². The number of piperidine rings is 1. The highest BCUT2D eigenvalue weighted by Gasteiger charge is 2.35. The zero-order valence-electron chi connectivity index (χ0n) is 13.3. The maximum Gasteiger partial charge on any atom is 0.318 e. The summed E-state index contributed by atoms with van der Waals surface area (Å²) in [5.41, 5.74) is 7.59. The third-order valence-corrected chi connectivity index (χ3v) is 3.86. The quantitative estimate of drug-likeness (QED) is 0.651. The molecule has 2 N–H and O–H groups in total. The summed E-state index contributed by atoms with van der Waals surface area (Å²) >= 11 is 0. The minimum Gasteiger partial charge on any atom is -0.465 e. The Morgan fingerprint density at radius 2 is 2.14 bits per heavy atom. The zero-order valence-corrected chi connectivity index (χ0v) is 13.3. The highest BCUT2D eigenvalue weighted by molar-refractivity contribution is 6.00. The number of carbonyl (C=O) groups is 2. The number of carbonyl (C=O) groups excluding carboxylic acids is 2. The Balaban J connectivity index is 2.28. The highest BCUT2D eigenvalue weighted by atomic mass is 16.5. The number of esters is 1. The number of ether oxygens (including phenoxy) is 1. The van der Waals surface area contributed by atoms with Gasteiger partial charge in [-0.15, -0.1) is 0 Å². The maximum absolute atomic E-state index is 12.0. The van der Waals surface area contributed by atoms with Crippen molar-refractivity contribution in [3.8, 4) is 0 Å². The van der Waals surface area contributed by atoms with Crippen LogP contribution in [0.1, 0.15) is 31.5 Å². The van der Waals surface area contributed by atoms with Crippen molar-refractivity contribution in [1.82, 2.24) is 9.97 Å². The standard InChI is InChI=1S/C15H22N4O3/c1-4-11-9(3)13(18-15(16)17-11)19-7-6-12(20)10(8-19)14(21)22-5-2/h10H,4-8H2,1-3H3,(H2,16,17,18)/t10-/m0/s1. The van der Waals surface area contributed by atoms with Crippen LogP contribution in [0.4, 0.5) is 11.8 Å². The van der Waals surface area contributed by atoms with Gasteiger partial charge in [-0.3, -0.25) is 9.59 Å². The number of ketones is 1. The number of Topliss-reactive ketones (excluding diaryl/α,β-unsaturated/α-hetero) is 1. The fraction of sp³-hybridized carbons (Fsp3) is 0.600. The molecule has 1 saturated heterocycles. The van der Waals surface area contributed by atoms with Gasteiger partial charge in [0.2, 0.25) is 5.95 Å². The molecule has 1 aromatic heterocycles. The van der Waals surface area contributed by atoms with Crippen molar-refractivity contribution < 1.29 is 14.3 Å². The Kier molecular flexibility index (Phi) is 4.95. The molecule has 2 heterocycles. The van der Waals surface area contributed by atoms with Crippen LogP contribution in [-0.4, -0.2) is 41.4 Å². The Hall–Kier alpha value is -2.18. The van der Waals surface area contributed by atoms with E-state index >= 15 is 0 Å². The molecule has 0 unspecified atom stereocenters. The number of aromatic nitrogens is 2. The lowest BCUT2D eigenvalue weighted by Gasteiger charge is -2.32. The summed E-state index contributed by atoms with van der Waals surface area (Å²) < 4.78 is 4.99. The first-order valence-corrected chi connectivity index (χ1v) is 7.55. The Morgan fingerprint density at radius 3 is 2.77 bits per heavy atom. The van der Waals surface area contributed by atoms with E-state index in [2.05, 4.69) is 9.97 Å². The lowest BCUT2D eigenvalue weighted by Crippen LogP contribution is -2.45. The van der Waals surface area contributed by atoms with Crippen LogP contribution in [0.25, 0.3) is 0 Å². The molecule has 1 aliphatic rings. The summed E-state index contributed by atoms with van der Waals surface area (Å²) in [6, 6.07) is 0. The SMILES string of the molecule is CCOC(=O)[C@H]1CN(c2nc(N)nc(CC)c2C)CCC1=O. The molecule has 1 atom stereocenters. The molecule has 0 saturated carbocycles. The number of rotatable bonds is 4. The summed E-state index contributed by atoms with van der Waals surface area (Å²) in [7, 11) is 0. The normalized spacial score (nSPS) is 18.4. The summed E-state index contributed by atoms with van der Waals surface area (Å²) in [5, 5.41) is 0. The second kappa shape index (κ2) is 6.72. The van der Waals surface area contributed by atoms with Gasteiger partial charge in [0, 0.05) is 25.1 Å². The molecule has 0 amide bonds. The topological polar surface area (TPSA) is 98.4 Å². The molecule has 1 aromatic rings. The van der Waals surface area contributed by atoms with Gasteiger partial charge in [-0.25, -0.2) is 4.98 Å². The van der Waals surface area contributed by atoms with E-state index in [1.165, 1.54) is 0 Å². The van der Waals surface area contributed by atoms with E-state index in [9.17, 15) is 9.59 Å². The summed E-state index contributed by atoms with van der Waals surface area (Å²) in [5.74, 6) is -0.389. The first-order chi connectivity index (χ1) is 10.5. The van der Waals surface area contributed by atoms with Gasteiger partial charge in [0.25, 0.3) is 0 Å². The van der Waals surface area contributed by atoms with Gasteiger partial charge in [-0.2, -0.15) is 4.98 Å². The van der Waals surface area contributed by atoms with E-state index in [0.29, 0.717) is 18.8 Å². The van der Waals surface area contributed by atoms with Crippen molar-refractivity contribution in [3.63, 3.8) is 0 Å². The second-order valence-corrected chi connectivity index (χ2v) is 5.30. The Morgan fingerprint density at radius 1 is 1.41 bits per heavy atom. The minimum atomic E-state index is -0.755. The molecule has 7 heteroatoms. The molecule has 1 fully saturated rings. The monoisotopic (exact) mass is 306 g/mol. The number of anilines is 2. The first kappa shape index (κ1) is 16.2. The molecular formula is C15H22N4O3. The van der Waals surface area contributed by atoms with Gasteiger partial charge in [0.15, 0.2) is 5.78 Å². The van der Waals surface area contributed by atoms with Crippen LogP contribution in [0.3, 0.4) is 0 Å². The van der Waals surface area contributed by atoms with Crippen molar-refractivity contribution in [1.29, 1.82) is 0 Å². The fourth-order valence-corrected chi connectivity index (χ4v) is 2.69. The molecule has 120 valence electrons. The lowest BCUT2D eigenvalue weighted by atomic mass is 9.96. The smallest absolute Gasteiger partial charge is 0.318 e. The van der Waals surface area contributed by atoms with Gasteiger partial charge < -0.3 is 15.4 Å². The molecule has 0 radical (unpaired) electrons. The molecular weight excluding hydrogens is 284 g/mol. The van der Waals surface area contributed by atoms with E-state index in [1.54, 1.807) is 6.92 Å². The zero-order chi connectivity index (χ0) is 16.3. The van der Waals surface area contributed by atoms with E-state index in [0.717, 1.165) is 17.7 Å². The molecule has 0 spiro atoms. The van der Waals surface area contributed by atoms with E-state index in [1.807, 2.05) is 18.7 Å². The third kappa shape index (κ3) is 3.18. The summed E-state index contributed by atoms with van der Waals surface area (Å²) in [6.45, 7) is 6.73. The third-order valence-electron chi connectivity index (χ3n) is 3.86. The van der Waals surface area contributed by atoms with Crippen LogP contribution in [0.5, 0.6) is 0 Å². The molecule has 2 rings (SSSR count). The second-order valence-electron chi connectivity index (χ2n) is 5.30. The van der Waals surface area contributed by atoms with Crippen LogP contribution in [0.2, 0.25) is 0 Å². The number of nitrogens with zero attached hydrogens (tertiary/aromatic N) is 3. The number of aryl methyl sites for hydroxylation is 1. The van der Waals surface area contributed by atoms with Gasteiger partial charge >= 0.3 is 5.97 Å². The Bertz CT molecular complexity index is 588. The fourth-order valence-electron chi connectivity index (χ4n) is 2.69. The molecule has 1 aliphatic heterocycles. The van der Waals surface area contributed by atoms with E-state index in [-0.39, 0.29) is 24.9 Å². The molecule has 0 aliphatic carbocycles. The van der Waals surface area contributed by atoms with Crippen molar-refractivity contribution in [2.45, 2.75) is 33.6 Å². The van der Waals surface area contributed by atoms with Crippen LogP contribution in [0.15, 0.2) is 0 Å². The van der Waals surface area contributed by atoms with Crippen molar-refractivity contribution >= 4 is 23.5 Å². The number of hydrogen-bond acceptors (Lipinski definition) is 7. The first-order valence-electron chi connectivity index (χ1n) is 7.55.